The lowest BCUT2D eigenvalue weighted by Crippen LogP contribution is -2.37. The summed E-state index contributed by atoms with van der Waals surface area (Å²) in [5.74, 6) is 1.58. The van der Waals surface area contributed by atoms with Gasteiger partial charge < -0.3 is 14.8 Å². The van der Waals surface area contributed by atoms with Crippen LogP contribution in [0.2, 0.25) is 0 Å². The number of piperidine rings is 1. The molecule has 1 N–H and O–H groups in total. The zero-order valence-corrected chi connectivity index (χ0v) is 10.9. The molecule has 3 heteroatoms. The van der Waals surface area contributed by atoms with Gasteiger partial charge in [-0.1, -0.05) is 18.2 Å². The largest absolute Gasteiger partial charge is 0.491 e. The highest BCUT2D eigenvalue weighted by Crippen LogP contribution is 2.37. The van der Waals surface area contributed by atoms with Crippen molar-refractivity contribution < 1.29 is 9.47 Å². The number of benzene rings is 1. The fourth-order valence-corrected chi connectivity index (χ4v) is 3.07. The Morgan fingerprint density at radius 1 is 1.39 bits per heavy atom. The molecule has 2 fully saturated rings. The third-order valence-corrected chi connectivity index (χ3v) is 3.96. The molecule has 1 aromatic rings. The van der Waals surface area contributed by atoms with Crippen LogP contribution in [-0.2, 0) is 4.74 Å². The Morgan fingerprint density at radius 2 is 2.22 bits per heavy atom. The highest BCUT2D eigenvalue weighted by atomic mass is 16.6. The summed E-state index contributed by atoms with van der Waals surface area (Å²) in [6, 6.07) is 9.98. The number of hydrogen-bond acceptors (Lipinski definition) is 3. The fraction of sp³-hybridized carbons (Fsp3) is 0.600. The van der Waals surface area contributed by atoms with E-state index in [0.29, 0.717) is 18.6 Å². The molecule has 3 rings (SSSR count). The molecule has 3 nitrogen and oxygen atoms in total. The van der Waals surface area contributed by atoms with Gasteiger partial charge in [-0.25, -0.2) is 0 Å². The first-order valence-electron chi connectivity index (χ1n) is 6.82. The maximum absolute atomic E-state index is 6.21. The lowest BCUT2D eigenvalue weighted by molar-refractivity contribution is -0.0622. The van der Waals surface area contributed by atoms with Gasteiger partial charge in [0.15, 0.2) is 0 Å². The Kier molecular flexibility index (Phi) is 3.27. The van der Waals surface area contributed by atoms with Gasteiger partial charge in [0.2, 0.25) is 0 Å². The second-order valence-electron chi connectivity index (χ2n) is 5.66. The van der Waals surface area contributed by atoms with E-state index in [0.717, 1.165) is 31.7 Å². The molecule has 0 aliphatic carbocycles. The topological polar surface area (TPSA) is 30.5 Å². The average Bonchev–Trinajstić information content (AvgIpc) is 2.74. The van der Waals surface area contributed by atoms with E-state index in [-0.39, 0.29) is 5.60 Å². The smallest absolute Gasteiger partial charge is 0.119 e. The number of nitrogens with one attached hydrogen (secondary N) is 1. The Balaban J connectivity index is 1.59. The Morgan fingerprint density at radius 3 is 3.00 bits per heavy atom. The SMILES string of the molecule is C[C@]1(COc2ccccc2)C[C@@H]2CNCC[C@@H]2O1. The zero-order chi connectivity index (χ0) is 12.4. The molecule has 0 bridgehead atoms. The minimum absolute atomic E-state index is 0.128. The van der Waals surface area contributed by atoms with Gasteiger partial charge in [0, 0.05) is 12.5 Å². The van der Waals surface area contributed by atoms with Crippen molar-refractivity contribution in [1.82, 2.24) is 5.32 Å². The van der Waals surface area contributed by atoms with Crippen molar-refractivity contribution >= 4 is 0 Å². The quantitative estimate of drug-likeness (QED) is 0.888. The third-order valence-electron chi connectivity index (χ3n) is 3.96. The van der Waals surface area contributed by atoms with Crippen LogP contribution in [0.25, 0.3) is 0 Å². The first-order valence-corrected chi connectivity index (χ1v) is 6.82. The first kappa shape index (κ1) is 12.0. The summed E-state index contributed by atoms with van der Waals surface area (Å²) in [5.41, 5.74) is -0.128. The molecule has 0 radical (unpaired) electrons. The van der Waals surface area contributed by atoms with Crippen molar-refractivity contribution in [2.45, 2.75) is 31.5 Å². The fourth-order valence-electron chi connectivity index (χ4n) is 3.07. The van der Waals surface area contributed by atoms with Crippen molar-refractivity contribution in [2.75, 3.05) is 19.7 Å². The van der Waals surface area contributed by atoms with Gasteiger partial charge >= 0.3 is 0 Å². The van der Waals surface area contributed by atoms with Gasteiger partial charge in [0.05, 0.1) is 6.10 Å². The summed E-state index contributed by atoms with van der Waals surface area (Å²) in [7, 11) is 0. The Hall–Kier alpha value is -1.06. The predicted octanol–water partition coefficient (Wildman–Crippen LogP) is 2.22. The van der Waals surface area contributed by atoms with Gasteiger partial charge in [-0.05, 0) is 38.4 Å². The average molecular weight is 247 g/mol. The second-order valence-corrected chi connectivity index (χ2v) is 5.66. The summed E-state index contributed by atoms with van der Waals surface area (Å²) < 4.78 is 12.1. The molecule has 2 aliphatic rings. The van der Waals surface area contributed by atoms with Crippen molar-refractivity contribution in [3.63, 3.8) is 0 Å². The standard InChI is InChI=1S/C15H21NO2/c1-15(11-17-13-5-3-2-4-6-13)9-12-10-16-8-7-14(12)18-15/h2-6,12,14,16H,7-11H2,1H3/t12-,14+,15-/m1/s1. The predicted molar refractivity (Wildman–Crippen MR) is 70.8 cm³/mol. The molecular formula is C15H21NO2. The van der Waals surface area contributed by atoms with Gasteiger partial charge in [-0.15, -0.1) is 0 Å². The van der Waals surface area contributed by atoms with Crippen molar-refractivity contribution in [1.29, 1.82) is 0 Å². The van der Waals surface area contributed by atoms with Gasteiger partial charge in [-0.2, -0.15) is 0 Å². The molecule has 1 aromatic carbocycles. The summed E-state index contributed by atoms with van der Waals surface area (Å²) in [6.45, 7) is 4.99. The van der Waals surface area contributed by atoms with Crippen LogP contribution in [-0.4, -0.2) is 31.4 Å². The molecule has 2 aliphatic heterocycles. The minimum atomic E-state index is -0.128. The van der Waals surface area contributed by atoms with E-state index < -0.39 is 0 Å². The molecule has 2 heterocycles. The summed E-state index contributed by atoms with van der Waals surface area (Å²) in [6.07, 6.45) is 2.65. The van der Waals surface area contributed by atoms with Crippen LogP contribution in [0, 0.1) is 5.92 Å². The molecule has 98 valence electrons. The normalized spacial score (nSPS) is 35.2. The summed E-state index contributed by atoms with van der Waals surface area (Å²) >= 11 is 0. The van der Waals surface area contributed by atoms with E-state index in [9.17, 15) is 0 Å². The van der Waals surface area contributed by atoms with Crippen LogP contribution in [0.1, 0.15) is 19.8 Å². The highest BCUT2D eigenvalue weighted by Gasteiger charge is 2.44. The molecule has 18 heavy (non-hydrogen) atoms. The Bertz CT molecular complexity index is 379. The molecule has 0 saturated carbocycles. The van der Waals surface area contributed by atoms with Gasteiger partial charge in [-0.3, -0.25) is 0 Å². The Labute approximate surface area is 108 Å². The molecule has 2 saturated heterocycles. The maximum Gasteiger partial charge on any atom is 0.119 e. The number of rotatable bonds is 3. The molecule has 3 atom stereocenters. The second kappa shape index (κ2) is 4.90. The molecule has 0 unspecified atom stereocenters. The lowest BCUT2D eigenvalue weighted by atomic mass is 9.90. The van der Waals surface area contributed by atoms with Crippen LogP contribution in [0.4, 0.5) is 0 Å². The van der Waals surface area contributed by atoms with E-state index in [1.165, 1.54) is 0 Å². The van der Waals surface area contributed by atoms with Gasteiger partial charge in [0.25, 0.3) is 0 Å². The molecule has 0 amide bonds. The number of para-hydroxylation sites is 1. The van der Waals surface area contributed by atoms with Crippen LogP contribution >= 0.6 is 0 Å². The van der Waals surface area contributed by atoms with Crippen molar-refractivity contribution in [3.05, 3.63) is 30.3 Å². The van der Waals surface area contributed by atoms with Crippen molar-refractivity contribution in [3.8, 4) is 5.75 Å². The summed E-state index contributed by atoms with van der Waals surface area (Å²) in [5, 5.41) is 3.45. The number of ether oxygens (including phenoxy) is 2. The van der Waals surface area contributed by atoms with E-state index in [1.807, 2.05) is 30.3 Å². The number of hydrogen-bond donors (Lipinski definition) is 1. The minimum Gasteiger partial charge on any atom is -0.491 e. The van der Waals surface area contributed by atoms with E-state index in [1.54, 1.807) is 0 Å². The monoisotopic (exact) mass is 247 g/mol. The third kappa shape index (κ3) is 2.52. The van der Waals surface area contributed by atoms with Crippen molar-refractivity contribution in [2.24, 2.45) is 5.92 Å². The van der Waals surface area contributed by atoms with E-state index in [2.05, 4.69) is 12.2 Å². The van der Waals surface area contributed by atoms with Gasteiger partial charge in [0.1, 0.15) is 18.0 Å². The number of fused-ring (bicyclic) bond motifs is 1. The van der Waals surface area contributed by atoms with E-state index in [4.69, 9.17) is 9.47 Å². The van der Waals surface area contributed by atoms with Crippen LogP contribution in [0.3, 0.4) is 0 Å². The maximum atomic E-state index is 6.21. The summed E-state index contributed by atoms with van der Waals surface area (Å²) in [4.78, 5) is 0. The highest BCUT2D eigenvalue weighted by molar-refractivity contribution is 5.21. The van der Waals surface area contributed by atoms with Crippen LogP contribution < -0.4 is 10.1 Å². The zero-order valence-electron chi connectivity index (χ0n) is 10.9. The van der Waals surface area contributed by atoms with Crippen LogP contribution in [0.15, 0.2) is 30.3 Å². The van der Waals surface area contributed by atoms with Crippen LogP contribution in [0.5, 0.6) is 5.75 Å². The lowest BCUT2D eigenvalue weighted by Gasteiger charge is -2.26. The van der Waals surface area contributed by atoms with E-state index >= 15 is 0 Å². The molecular weight excluding hydrogens is 226 g/mol. The first-order chi connectivity index (χ1) is 8.75. The molecule has 0 spiro atoms. The molecule has 0 aromatic heterocycles.